The van der Waals surface area contributed by atoms with Crippen LogP contribution in [0, 0.1) is 0 Å². The number of carbonyl (C=O) groups is 2. The van der Waals surface area contributed by atoms with Crippen molar-refractivity contribution in [1.29, 1.82) is 0 Å². The monoisotopic (exact) mass is 587 g/mol. The van der Waals surface area contributed by atoms with Crippen LogP contribution in [0.25, 0.3) is 0 Å². The highest BCUT2D eigenvalue weighted by molar-refractivity contribution is 7.90. The van der Waals surface area contributed by atoms with Gasteiger partial charge in [0, 0.05) is 24.7 Å². The number of rotatable bonds is 8. The molecule has 0 bridgehead atoms. The molecule has 14 heteroatoms. The molecular formula is C24H34ClN5O6S2. The van der Waals surface area contributed by atoms with Crippen molar-refractivity contribution in [3.05, 3.63) is 59.6 Å². The molecule has 0 aliphatic carbocycles. The molecule has 1 aliphatic heterocycles. The second-order valence-corrected chi connectivity index (χ2v) is 12.2. The largest absolute Gasteiger partial charge is 0.343 e. The number of nitrogens with zero attached hydrogens (tertiary/aromatic N) is 1. The Balaban J connectivity index is 0.000000273. The van der Waals surface area contributed by atoms with E-state index in [1.165, 1.54) is 36.4 Å². The third kappa shape index (κ3) is 11.3. The number of amides is 4. The summed E-state index contributed by atoms with van der Waals surface area (Å²) in [6, 6.07) is 12.0. The van der Waals surface area contributed by atoms with E-state index in [1.807, 2.05) is 16.4 Å². The number of benzene rings is 2. The molecule has 210 valence electrons. The summed E-state index contributed by atoms with van der Waals surface area (Å²) in [5, 5.41) is 4.66. The smallest absolute Gasteiger partial charge is 0.337 e. The van der Waals surface area contributed by atoms with Gasteiger partial charge < -0.3 is 5.32 Å². The summed E-state index contributed by atoms with van der Waals surface area (Å²) < 4.78 is 51.4. The van der Waals surface area contributed by atoms with Crippen LogP contribution in [0.3, 0.4) is 0 Å². The Bertz CT molecular complexity index is 1230. The third-order valence-corrected chi connectivity index (χ3v) is 8.26. The van der Waals surface area contributed by atoms with Gasteiger partial charge in [-0.15, -0.1) is 0 Å². The molecule has 4 amide bonds. The highest BCUT2D eigenvalue weighted by Gasteiger charge is 2.19. The van der Waals surface area contributed by atoms with Gasteiger partial charge in [0.05, 0.1) is 9.79 Å². The van der Waals surface area contributed by atoms with Gasteiger partial charge in [-0.3, -0.25) is 5.43 Å². The molecule has 0 radical (unpaired) electrons. The maximum atomic E-state index is 12.0. The zero-order valence-corrected chi connectivity index (χ0v) is 23.5. The first-order valence-corrected chi connectivity index (χ1v) is 15.6. The van der Waals surface area contributed by atoms with Crippen LogP contribution < -0.4 is 20.2 Å². The summed E-state index contributed by atoms with van der Waals surface area (Å²) in [5.41, 5.74) is 2.57. The van der Waals surface area contributed by atoms with Crippen LogP contribution in [0.15, 0.2) is 64.4 Å². The average molecular weight is 588 g/mol. The van der Waals surface area contributed by atoms with E-state index >= 15 is 0 Å². The number of hydrogen-bond acceptors (Lipinski definition) is 7. The van der Waals surface area contributed by atoms with Gasteiger partial charge in [-0.25, -0.2) is 40.9 Å². The molecule has 2 aromatic rings. The van der Waals surface area contributed by atoms with Crippen LogP contribution >= 0.6 is 11.6 Å². The van der Waals surface area contributed by atoms with E-state index in [2.05, 4.69) is 10.7 Å². The first kappa shape index (κ1) is 31.3. The van der Waals surface area contributed by atoms with E-state index in [-0.39, 0.29) is 9.79 Å². The van der Waals surface area contributed by atoms with Crippen LogP contribution in [0.4, 0.5) is 9.59 Å². The number of unbranched alkanes of at least 4 members (excludes halogenated alkanes) is 1. The fourth-order valence-electron chi connectivity index (χ4n) is 3.34. The molecule has 0 saturated carbocycles. The fraction of sp³-hybridized carbons (Fsp3) is 0.417. The Morgan fingerprint density at radius 3 is 1.87 bits per heavy atom. The molecule has 0 aromatic heterocycles. The van der Waals surface area contributed by atoms with E-state index < -0.39 is 32.1 Å². The molecule has 11 nitrogen and oxygen atoms in total. The van der Waals surface area contributed by atoms with E-state index in [0.717, 1.165) is 51.6 Å². The standard InChI is InChI=1S/C13H18ClN3O3S.C11H16N2O3S/c14-11-5-7-12(8-6-11)21(19,20)16-13(18)15-17-9-3-1-2-4-10-17;1-2-3-9-12-11(14)13-17(15,16)10-7-5-4-6-8-10/h5-8H,1-4,9-10H2,(H2,15,16,18);4-8H,2-3,9H2,1H3,(H2,12,13,14). The predicted molar refractivity (Wildman–Crippen MR) is 145 cm³/mol. The molecule has 1 saturated heterocycles. The molecule has 3 rings (SSSR count). The molecule has 1 heterocycles. The first-order valence-electron chi connectivity index (χ1n) is 12.2. The molecule has 2 aromatic carbocycles. The topological polar surface area (TPSA) is 154 Å². The predicted octanol–water partition coefficient (Wildman–Crippen LogP) is 3.59. The first-order chi connectivity index (χ1) is 18.0. The summed E-state index contributed by atoms with van der Waals surface area (Å²) in [5.74, 6) is 0. The number of hydrazine groups is 1. The van der Waals surface area contributed by atoms with Crippen molar-refractivity contribution in [3.8, 4) is 0 Å². The zero-order valence-electron chi connectivity index (χ0n) is 21.2. The summed E-state index contributed by atoms with van der Waals surface area (Å²) >= 11 is 5.71. The van der Waals surface area contributed by atoms with Gasteiger partial charge in [0.2, 0.25) is 0 Å². The second-order valence-electron chi connectivity index (χ2n) is 8.43. The Labute approximate surface area is 229 Å². The number of hydrogen-bond donors (Lipinski definition) is 4. The van der Waals surface area contributed by atoms with Crippen molar-refractivity contribution in [2.24, 2.45) is 0 Å². The van der Waals surface area contributed by atoms with Crippen molar-refractivity contribution in [2.75, 3.05) is 19.6 Å². The zero-order chi connectivity index (χ0) is 28.0. The van der Waals surface area contributed by atoms with Crippen LogP contribution in [-0.4, -0.2) is 53.5 Å². The van der Waals surface area contributed by atoms with E-state index in [9.17, 15) is 26.4 Å². The molecule has 0 unspecified atom stereocenters. The van der Waals surface area contributed by atoms with Crippen molar-refractivity contribution < 1.29 is 26.4 Å². The van der Waals surface area contributed by atoms with E-state index in [0.29, 0.717) is 11.6 Å². The fourth-order valence-corrected chi connectivity index (χ4v) is 5.32. The molecule has 1 fully saturated rings. The lowest BCUT2D eigenvalue weighted by Gasteiger charge is -2.20. The molecule has 38 heavy (non-hydrogen) atoms. The maximum absolute atomic E-state index is 12.0. The molecule has 4 N–H and O–H groups in total. The number of nitrogens with one attached hydrogen (secondary N) is 4. The van der Waals surface area contributed by atoms with Gasteiger partial charge in [0.15, 0.2) is 0 Å². The minimum absolute atomic E-state index is 0.00193. The van der Waals surface area contributed by atoms with Crippen LogP contribution in [-0.2, 0) is 20.0 Å². The quantitative estimate of drug-likeness (QED) is 0.344. The summed E-state index contributed by atoms with van der Waals surface area (Å²) in [7, 11) is -7.64. The van der Waals surface area contributed by atoms with E-state index in [4.69, 9.17) is 11.6 Å². The minimum Gasteiger partial charge on any atom is -0.337 e. The lowest BCUT2D eigenvalue weighted by molar-refractivity contribution is 0.184. The van der Waals surface area contributed by atoms with Crippen molar-refractivity contribution >= 4 is 43.7 Å². The van der Waals surface area contributed by atoms with Crippen LogP contribution in [0.2, 0.25) is 5.02 Å². The SMILES string of the molecule is CCCCNC(=O)NS(=O)(=O)c1ccccc1.O=C(NN1CCCCCC1)NS(=O)(=O)c1ccc(Cl)cc1. The van der Waals surface area contributed by atoms with E-state index in [1.54, 1.807) is 23.2 Å². The van der Waals surface area contributed by atoms with Crippen molar-refractivity contribution in [1.82, 2.24) is 25.2 Å². The Morgan fingerprint density at radius 1 is 0.789 bits per heavy atom. The summed E-state index contributed by atoms with van der Waals surface area (Å²) in [6.45, 7) is 3.91. The number of carbonyl (C=O) groups excluding carboxylic acids is 2. The Kier molecular flexibility index (Phi) is 12.8. The van der Waals surface area contributed by atoms with Gasteiger partial charge in [-0.2, -0.15) is 0 Å². The summed E-state index contributed by atoms with van der Waals surface area (Å²) in [4.78, 5) is 23.2. The van der Waals surface area contributed by atoms with Crippen LogP contribution in [0.1, 0.15) is 45.4 Å². The second kappa shape index (κ2) is 15.5. The number of sulfonamides is 2. The van der Waals surface area contributed by atoms with Gasteiger partial charge in [-0.05, 0) is 55.7 Å². The van der Waals surface area contributed by atoms with Gasteiger partial charge in [-0.1, -0.05) is 56.0 Å². The number of urea groups is 2. The third-order valence-electron chi connectivity index (χ3n) is 5.31. The van der Waals surface area contributed by atoms with Crippen molar-refractivity contribution in [3.63, 3.8) is 0 Å². The Hall–Kier alpha value is -2.87. The highest BCUT2D eigenvalue weighted by Crippen LogP contribution is 2.14. The molecular weight excluding hydrogens is 554 g/mol. The van der Waals surface area contributed by atoms with Gasteiger partial charge in [0.1, 0.15) is 0 Å². The average Bonchev–Trinajstić information content (AvgIpc) is 3.13. The van der Waals surface area contributed by atoms with Gasteiger partial charge in [0.25, 0.3) is 20.0 Å². The maximum Gasteiger partial charge on any atom is 0.343 e. The summed E-state index contributed by atoms with van der Waals surface area (Å²) in [6.07, 6.45) is 5.99. The van der Waals surface area contributed by atoms with Crippen molar-refractivity contribution in [2.45, 2.75) is 55.2 Å². The highest BCUT2D eigenvalue weighted by atomic mass is 35.5. The lowest BCUT2D eigenvalue weighted by Crippen LogP contribution is -2.49. The molecule has 0 atom stereocenters. The molecule has 1 aliphatic rings. The van der Waals surface area contributed by atoms with Crippen LogP contribution in [0.5, 0.6) is 0 Å². The number of halogens is 1. The molecule has 0 spiro atoms. The lowest BCUT2D eigenvalue weighted by atomic mass is 10.2. The normalized spacial score (nSPS) is 14.3. The Morgan fingerprint density at radius 2 is 1.32 bits per heavy atom. The van der Waals surface area contributed by atoms with Gasteiger partial charge >= 0.3 is 12.1 Å². The minimum atomic E-state index is -3.88.